The Morgan fingerprint density at radius 1 is 1.21 bits per heavy atom. The minimum atomic E-state index is 0.267. The fourth-order valence-electron chi connectivity index (χ4n) is 4.09. The number of pyridine rings is 1. The predicted octanol–water partition coefficient (Wildman–Crippen LogP) is 5.83. The van der Waals surface area contributed by atoms with Crippen LogP contribution in [0.3, 0.4) is 0 Å². The van der Waals surface area contributed by atoms with E-state index in [1.54, 1.807) is 19.5 Å². The summed E-state index contributed by atoms with van der Waals surface area (Å²) in [4.78, 5) is 18.6. The fourth-order valence-corrected chi connectivity index (χ4v) is 4.09. The topological polar surface area (TPSA) is 85.2 Å². The van der Waals surface area contributed by atoms with Gasteiger partial charge in [0, 0.05) is 48.4 Å². The molecule has 3 rings (SSSR count). The van der Waals surface area contributed by atoms with Gasteiger partial charge in [0.05, 0.1) is 23.6 Å². The summed E-state index contributed by atoms with van der Waals surface area (Å²) in [6.45, 7) is 10.4. The molecular formula is C28H37N5O. The van der Waals surface area contributed by atoms with E-state index in [1.165, 1.54) is 11.9 Å². The van der Waals surface area contributed by atoms with Crippen molar-refractivity contribution in [2.75, 3.05) is 7.05 Å². The molecule has 1 heterocycles. The molecule has 0 saturated heterocycles. The molecule has 0 spiro atoms. The van der Waals surface area contributed by atoms with Gasteiger partial charge in [-0.25, -0.2) is 4.99 Å². The van der Waals surface area contributed by atoms with Gasteiger partial charge in [0.2, 0.25) is 0 Å². The molecule has 6 heteroatoms. The summed E-state index contributed by atoms with van der Waals surface area (Å²) in [7, 11) is 1.79. The molecule has 1 fully saturated rings. The Kier molecular flexibility index (Phi) is 8.88. The molecule has 0 unspecified atom stereocenters. The maximum Gasteiger partial charge on any atom is 0.154 e. The highest BCUT2D eigenvalue weighted by Gasteiger charge is 2.33. The molecule has 2 N–H and O–H groups in total. The van der Waals surface area contributed by atoms with Gasteiger partial charge in [-0.2, -0.15) is 0 Å². The van der Waals surface area contributed by atoms with Crippen LogP contribution in [0.4, 0.5) is 5.69 Å². The first-order valence-electron chi connectivity index (χ1n) is 12.0. The summed E-state index contributed by atoms with van der Waals surface area (Å²) in [5.41, 5.74) is 12.6. The lowest BCUT2D eigenvalue weighted by molar-refractivity contribution is -0.0480. The minimum Gasteiger partial charge on any atom is -0.404 e. The summed E-state index contributed by atoms with van der Waals surface area (Å²) in [5, 5.41) is 0. The van der Waals surface area contributed by atoms with Crippen LogP contribution in [0.15, 0.2) is 57.7 Å². The van der Waals surface area contributed by atoms with Crippen molar-refractivity contribution in [3.63, 3.8) is 0 Å². The molecule has 180 valence electrons. The smallest absolute Gasteiger partial charge is 0.154 e. The Balaban J connectivity index is 1.81. The van der Waals surface area contributed by atoms with Crippen molar-refractivity contribution in [2.24, 2.45) is 26.6 Å². The van der Waals surface area contributed by atoms with E-state index >= 15 is 0 Å². The van der Waals surface area contributed by atoms with Crippen molar-refractivity contribution in [1.82, 2.24) is 4.98 Å². The second-order valence-electron chi connectivity index (χ2n) is 9.08. The van der Waals surface area contributed by atoms with Crippen molar-refractivity contribution in [2.45, 2.75) is 66.1 Å². The third-order valence-corrected chi connectivity index (χ3v) is 6.06. The molecule has 6 nitrogen and oxygen atoms in total. The Morgan fingerprint density at radius 3 is 2.59 bits per heavy atom. The molecule has 1 saturated carbocycles. The highest BCUT2D eigenvalue weighted by Crippen LogP contribution is 2.33. The maximum absolute atomic E-state index is 5.93. The van der Waals surface area contributed by atoms with E-state index in [4.69, 9.17) is 20.5 Å². The van der Waals surface area contributed by atoms with Crippen molar-refractivity contribution in [3.05, 3.63) is 65.1 Å². The predicted molar refractivity (Wildman–Crippen MR) is 143 cm³/mol. The van der Waals surface area contributed by atoms with Crippen LogP contribution in [0.2, 0.25) is 0 Å². The highest BCUT2D eigenvalue weighted by atomic mass is 16.5. The number of aryl methyl sites for hydroxylation is 2. The van der Waals surface area contributed by atoms with E-state index in [-0.39, 0.29) is 6.10 Å². The lowest BCUT2D eigenvalue weighted by atomic mass is 9.78. The molecule has 34 heavy (non-hydrogen) atoms. The van der Waals surface area contributed by atoms with Crippen LogP contribution < -0.4 is 5.73 Å². The van der Waals surface area contributed by atoms with Gasteiger partial charge in [-0.15, -0.1) is 0 Å². The number of aliphatic imine (C=N–C) groups is 3. The minimum absolute atomic E-state index is 0.267. The maximum atomic E-state index is 5.93. The van der Waals surface area contributed by atoms with Gasteiger partial charge in [-0.3, -0.25) is 15.0 Å². The van der Waals surface area contributed by atoms with E-state index in [9.17, 15) is 0 Å². The van der Waals surface area contributed by atoms with Gasteiger partial charge in [-0.1, -0.05) is 19.1 Å². The number of allylic oxidation sites excluding steroid dienone is 1. The number of ether oxygens (including phenoxy) is 1. The molecule has 0 radical (unpaired) electrons. The summed E-state index contributed by atoms with van der Waals surface area (Å²) in [5.74, 6) is 1.20. The Labute approximate surface area is 203 Å². The van der Waals surface area contributed by atoms with Crippen LogP contribution >= 0.6 is 0 Å². The third-order valence-electron chi connectivity index (χ3n) is 6.06. The van der Waals surface area contributed by atoms with Gasteiger partial charge in [0.1, 0.15) is 0 Å². The number of nitrogens with two attached hydrogens (primary N) is 1. The van der Waals surface area contributed by atoms with Crippen molar-refractivity contribution in [1.29, 1.82) is 0 Å². The molecule has 0 bridgehead atoms. The van der Waals surface area contributed by atoms with E-state index in [2.05, 4.69) is 42.9 Å². The van der Waals surface area contributed by atoms with Crippen LogP contribution in [-0.2, 0) is 4.74 Å². The largest absolute Gasteiger partial charge is 0.404 e. The van der Waals surface area contributed by atoms with Gasteiger partial charge >= 0.3 is 0 Å². The first-order valence-corrected chi connectivity index (χ1v) is 12.0. The summed E-state index contributed by atoms with van der Waals surface area (Å²) >= 11 is 0. The average molecular weight is 460 g/mol. The molecule has 2 aromatic rings. The SMILES string of the molecule is CCC(=NC(=NC)c1ccc(C)c(N=C/C(=C/N)c2cc(C)ccn2)c1)C1CC(OC(C)C)C1. The van der Waals surface area contributed by atoms with E-state index in [0.29, 0.717) is 12.0 Å². The molecule has 1 aliphatic rings. The number of benzene rings is 1. The second kappa shape index (κ2) is 11.8. The van der Waals surface area contributed by atoms with Gasteiger partial charge in [0.25, 0.3) is 0 Å². The van der Waals surface area contributed by atoms with Gasteiger partial charge in [-0.05, 0) is 76.3 Å². The highest BCUT2D eigenvalue weighted by molar-refractivity contribution is 6.10. The fraction of sp³-hybridized carbons (Fsp3) is 0.429. The van der Waals surface area contributed by atoms with E-state index in [0.717, 1.165) is 58.7 Å². The second-order valence-corrected chi connectivity index (χ2v) is 9.08. The van der Waals surface area contributed by atoms with Gasteiger partial charge < -0.3 is 10.5 Å². The first kappa shape index (κ1) is 25.5. The van der Waals surface area contributed by atoms with Crippen LogP contribution in [-0.4, -0.2) is 42.0 Å². The summed E-state index contributed by atoms with van der Waals surface area (Å²) < 4.78 is 5.93. The molecule has 1 aromatic carbocycles. The average Bonchev–Trinajstić information content (AvgIpc) is 2.79. The van der Waals surface area contributed by atoms with Crippen LogP contribution in [0.5, 0.6) is 0 Å². The molecule has 0 atom stereocenters. The quantitative estimate of drug-likeness (QED) is 0.398. The molecule has 1 aromatic heterocycles. The Bertz CT molecular complexity index is 1110. The van der Waals surface area contributed by atoms with Crippen LogP contribution in [0, 0.1) is 19.8 Å². The zero-order chi connectivity index (χ0) is 24.7. The number of hydrogen-bond donors (Lipinski definition) is 1. The Hall–Kier alpha value is -3.12. The number of aromatic nitrogens is 1. The zero-order valence-electron chi connectivity index (χ0n) is 21.2. The standard InChI is InChI=1S/C28H37N5O/c1-7-25(22-13-24(14-22)34-18(2)3)33-28(30-6)21-9-8-20(5)26(15-21)32-17-23(16-29)27-12-19(4)10-11-31-27/h8-12,15-18,22,24H,7,13-14,29H2,1-6H3/b23-16-,30-28?,32-17?,33-25?. The number of hydrogen-bond acceptors (Lipinski definition) is 5. The lowest BCUT2D eigenvalue weighted by Crippen LogP contribution is -2.38. The molecule has 1 aliphatic carbocycles. The molecular weight excluding hydrogens is 422 g/mol. The van der Waals surface area contributed by atoms with Crippen LogP contribution in [0.25, 0.3) is 5.57 Å². The van der Waals surface area contributed by atoms with Crippen molar-refractivity contribution < 1.29 is 4.74 Å². The van der Waals surface area contributed by atoms with Crippen LogP contribution in [0.1, 0.15) is 62.4 Å². The normalized spacial score (nSPS) is 19.7. The van der Waals surface area contributed by atoms with Crippen molar-refractivity contribution >= 4 is 29.0 Å². The molecule has 0 aliphatic heterocycles. The van der Waals surface area contributed by atoms with Gasteiger partial charge in [0.15, 0.2) is 5.84 Å². The monoisotopic (exact) mass is 459 g/mol. The molecule has 0 amide bonds. The van der Waals surface area contributed by atoms with E-state index in [1.807, 2.05) is 32.0 Å². The summed E-state index contributed by atoms with van der Waals surface area (Å²) in [6.07, 6.45) is 8.67. The number of rotatable bonds is 8. The first-order chi connectivity index (χ1) is 16.3. The number of nitrogens with zero attached hydrogens (tertiary/aromatic N) is 4. The third kappa shape index (κ3) is 6.48. The zero-order valence-corrected chi connectivity index (χ0v) is 21.2. The number of amidine groups is 1. The van der Waals surface area contributed by atoms with Crippen molar-refractivity contribution in [3.8, 4) is 0 Å². The Morgan fingerprint density at radius 2 is 1.97 bits per heavy atom. The summed E-state index contributed by atoms with van der Waals surface area (Å²) in [6, 6.07) is 10.1. The lowest BCUT2D eigenvalue weighted by Gasteiger charge is -2.37. The van der Waals surface area contributed by atoms with E-state index < -0.39 is 0 Å².